The monoisotopic (exact) mass is 414 g/mol. The first-order valence-electron chi connectivity index (χ1n) is 9.67. The molecule has 4 aromatic rings. The maximum atomic E-state index is 12.5. The molecule has 4 rings (SSSR count). The summed E-state index contributed by atoms with van der Waals surface area (Å²) in [6.07, 6.45) is 0. The van der Waals surface area contributed by atoms with Crippen LogP contribution in [0, 0.1) is 13.8 Å². The molecule has 3 aromatic carbocycles. The van der Waals surface area contributed by atoms with Crippen LogP contribution in [0.25, 0.3) is 17.1 Å². The topological polar surface area (TPSA) is 59.8 Å². The molecule has 5 nitrogen and oxygen atoms in total. The van der Waals surface area contributed by atoms with Gasteiger partial charge in [0.05, 0.1) is 5.75 Å². The van der Waals surface area contributed by atoms with Crippen LogP contribution in [-0.2, 0) is 4.79 Å². The minimum absolute atomic E-state index is 0.0781. The van der Waals surface area contributed by atoms with Crippen molar-refractivity contribution in [1.82, 2.24) is 14.8 Å². The van der Waals surface area contributed by atoms with Crippen molar-refractivity contribution in [2.45, 2.75) is 19.0 Å². The summed E-state index contributed by atoms with van der Waals surface area (Å²) in [5.41, 5.74) is 4.99. The largest absolute Gasteiger partial charge is 0.325 e. The molecule has 0 fully saturated rings. The maximum Gasteiger partial charge on any atom is 0.234 e. The van der Waals surface area contributed by atoms with Crippen LogP contribution in [-0.4, -0.2) is 26.4 Å². The fraction of sp³-hybridized carbons (Fsp3) is 0.125. The Bertz CT molecular complexity index is 1170. The summed E-state index contributed by atoms with van der Waals surface area (Å²) in [7, 11) is 0. The van der Waals surface area contributed by atoms with E-state index in [1.807, 2.05) is 78.2 Å². The van der Waals surface area contributed by atoms with Gasteiger partial charge in [0.2, 0.25) is 5.91 Å². The number of hydrogen-bond donors (Lipinski definition) is 1. The molecular formula is C24H22N4OS. The molecule has 150 valence electrons. The first-order chi connectivity index (χ1) is 14.6. The Labute approximate surface area is 180 Å². The second-order valence-corrected chi connectivity index (χ2v) is 8.00. The summed E-state index contributed by atoms with van der Waals surface area (Å²) in [5, 5.41) is 12.4. The van der Waals surface area contributed by atoms with Crippen molar-refractivity contribution in [1.29, 1.82) is 0 Å². The average Bonchev–Trinajstić information content (AvgIpc) is 3.17. The fourth-order valence-corrected chi connectivity index (χ4v) is 3.94. The maximum absolute atomic E-state index is 12.5. The lowest BCUT2D eigenvalue weighted by Gasteiger charge is -2.11. The highest BCUT2D eigenvalue weighted by molar-refractivity contribution is 7.99. The molecular weight excluding hydrogens is 392 g/mol. The van der Waals surface area contributed by atoms with Crippen LogP contribution in [0.15, 0.2) is 84.0 Å². The number of rotatable bonds is 6. The Morgan fingerprint density at radius 1 is 0.900 bits per heavy atom. The SMILES string of the molecule is Cc1cccc(NC(=O)CSc2nnc(-c3ccccc3)n2-c2cccc(C)c2)c1. The molecule has 0 bridgehead atoms. The summed E-state index contributed by atoms with van der Waals surface area (Å²) in [4.78, 5) is 12.5. The van der Waals surface area contributed by atoms with Crippen molar-refractivity contribution in [2.75, 3.05) is 11.1 Å². The van der Waals surface area contributed by atoms with E-state index in [1.54, 1.807) is 0 Å². The lowest BCUT2D eigenvalue weighted by atomic mass is 10.2. The van der Waals surface area contributed by atoms with Gasteiger partial charge in [0.15, 0.2) is 11.0 Å². The van der Waals surface area contributed by atoms with E-state index in [1.165, 1.54) is 11.8 Å². The second-order valence-electron chi connectivity index (χ2n) is 7.05. The molecule has 6 heteroatoms. The minimum Gasteiger partial charge on any atom is -0.325 e. The highest BCUT2D eigenvalue weighted by Crippen LogP contribution is 2.28. The number of thioether (sulfide) groups is 1. The number of amides is 1. The Morgan fingerprint density at radius 3 is 2.37 bits per heavy atom. The highest BCUT2D eigenvalue weighted by Gasteiger charge is 2.17. The zero-order valence-electron chi connectivity index (χ0n) is 16.9. The van der Waals surface area contributed by atoms with E-state index in [0.29, 0.717) is 5.16 Å². The van der Waals surface area contributed by atoms with E-state index in [2.05, 4.69) is 34.6 Å². The van der Waals surface area contributed by atoms with Crippen LogP contribution in [0.5, 0.6) is 0 Å². The van der Waals surface area contributed by atoms with Crippen LogP contribution in [0.1, 0.15) is 11.1 Å². The second kappa shape index (κ2) is 8.97. The summed E-state index contributed by atoms with van der Waals surface area (Å²) in [6, 6.07) is 25.9. The molecule has 0 unspecified atom stereocenters. The zero-order valence-corrected chi connectivity index (χ0v) is 17.7. The minimum atomic E-state index is -0.0781. The highest BCUT2D eigenvalue weighted by atomic mass is 32.2. The molecule has 1 aromatic heterocycles. The summed E-state index contributed by atoms with van der Waals surface area (Å²) >= 11 is 1.37. The van der Waals surface area contributed by atoms with Gasteiger partial charge in [-0.2, -0.15) is 0 Å². The lowest BCUT2D eigenvalue weighted by molar-refractivity contribution is -0.113. The molecule has 0 saturated heterocycles. The number of hydrogen-bond acceptors (Lipinski definition) is 4. The van der Waals surface area contributed by atoms with E-state index in [4.69, 9.17) is 0 Å². The molecule has 0 aliphatic carbocycles. The number of carbonyl (C=O) groups is 1. The molecule has 1 amide bonds. The van der Waals surface area contributed by atoms with E-state index in [-0.39, 0.29) is 11.7 Å². The van der Waals surface area contributed by atoms with Crippen molar-refractivity contribution in [2.24, 2.45) is 0 Å². The first-order valence-corrected chi connectivity index (χ1v) is 10.7. The Balaban J connectivity index is 1.60. The van der Waals surface area contributed by atoms with Gasteiger partial charge in [0, 0.05) is 16.9 Å². The lowest BCUT2D eigenvalue weighted by Crippen LogP contribution is -2.14. The van der Waals surface area contributed by atoms with E-state index in [0.717, 1.165) is 33.9 Å². The molecule has 0 aliphatic heterocycles. The van der Waals surface area contributed by atoms with Gasteiger partial charge in [0.1, 0.15) is 0 Å². The quantitative estimate of drug-likeness (QED) is 0.436. The predicted octanol–water partition coefficient (Wildman–Crippen LogP) is 5.28. The predicted molar refractivity (Wildman–Crippen MR) is 122 cm³/mol. The third-order valence-corrected chi connectivity index (χ3v) is 5.49. The molecule has 0 aliphatic rings. The van der Waals surface area contributed by atoms with Gasteiger partial charge < -0.3 is 5.32 Å². The van der Waals surface area contributed by atoms with Crippen molar-refractivity contribution >= 4 is 23.4 Å². The smallest absolute Gasteiger partial charge is 0.234 e. The van der Waals surface area contributed by atoms with Crippen molar-refractivity contribution in [3.05, 3.63) is 90.0 Å². The zero-order chi connectivity index (χ0) is 20.9. The van der Waals surface area contributed by atoms with E-state index >= 15 is 0 Å². The molecule has 0 saturated carbocycles. The van der Waals surface area contributed by atoms with Gasteiger partial charge in [-0.3, -0.25) is 9.36 Å². The van der Waals surface area contributed by atoms with Crippen LogP contribution < -0.4 is 5.32 Å². The summed E-state index contributed by atoms with van der Waals surface area (Å²) in [6.45, 7) is 4.05. The van der Waals surface area contributed by atoms with Crippen molar-refractivity contribution < 1.29 is 4.79 Å². The average molecular weight is 415 g/mol. The van der Waals surface area contributed by atoms with Gasteiger partial charge >= 0.3 is 0 Å². The number of anilines is 1. The summed E-state index contributed by atoms with van der Waals surface area (Å²) < 4.78 is 2.01. The molecule has 1 N–H and O–H groups in total. The normalized spacial score (nSPS) is 10.7. The standard InChI is InChI=1S/C24H22N4OS/c1-17-8-6-12-20(14-17)25-22(29)16-30-24-27-26-23(19-10-4-3-5-11-19)28(24)21-13-7-9-18(2)15-21/h3-15H,16H2,1-2H3,(H,25,29). The van der Waals surface area contributed by atoms with Crippen molar-refractivity contribution in [3.8, 4) is 17.1 Å². The number of aryl methyl sites for hydroxylation is 2. The number of carbonyl (C=O) groups excluding carboxylic acids is 1. The fourth-order valence-electron chi connectivity index (χ4n) is 3.19. The first kappa shape index (κ1) is 19.9. The number of nitrogens with one attached hydrogen (secondary N) is 1. The number of nitrogens with zero attached hydrogens (tertiary/aromatic N) is 3. The molecule has 30 heavy (non-hydrogen) atoms. The van der Waals surface area contributed by atoms with Gasteiger partial charge in [0.25, 0.3) is 0 Å². The van der Waals surface area contributed by atoms with Gasteiger partial charge in [-0.1, -0.05) is 66.4 Å². The van der Waals surface area contributed by atoms with Crippen LogP contribution in [0.2, 0.25) is 0 Å². The molecule has 1 heterocycles. The van der Waals surface area contributed by atoms with Crippen LogP contribution >= 0.6 is 11.8 Å². The van der Waals surface area contributed by atoms with Gasteiger partial charge in [-0.15, -0.1) is 10.2 Å². The number of benzene rings is 3. The van der Waals surface area contributed by atoms with Crippen LogP contribution in [0.3, 0.4) is 0 Å². The Kier molecular flexibility index (Phi) is 5.95. The Hall–Kier alpha value is -3.38. The van der Waals surface area contributed by atoms with E-state index < -0.39 is 0 Å². The Morgan fingerprint density at radius 2 is 1.63 bits per heavy atom. The van der Waals surface area contributed by atoms with Crippen LogP contribution in [0.4, 0.5) is 5.69 Å². The van der Waals surface area contributed by atoms with E-state index in [9.17, 15) is 4.79 Å². The van der Waals surface area contributed by atoms with Crippen molar-refractivity contribution in [3.63, 3.8) is 0 Å². The van der Waals surface area contributed by atoms with Gasteiger partial charge in [-0.25, -0.2) is 0 Å². The third-order valence-electron chi connectivity index (χ3n) is 4.56. The molecule has 0 radical (unpaired) electrons. The third kappa shape index (κ3) is 4.60. The molecule has 0 spiro atoms. The number of aromatic nitrogens is 3. The molecule has 0 atom stereocenters. The van der Waals surface area contributed by atoms with Gasteiger partial charge in [-0.05, 0) is 49.2 Å². The summed E-state index contributed by atoms with van der Waals surface area (Å²) in [5.74, 6) is 0.917.